The van der Waals surface area contributed by atoms with Crippen LogP contribution < -0.4 is 5.32 Å². The molecule has 0 radical (unpaired) electrons. The van der Waals surface area contributed by atoms with Crippen molar-refractivity contribution in [1.82, 2.24) is 15.1 Å². The quantitative estimate of drug-likeness (QED) is 0.914. The van der Waals surface area contributed by atoms with Crippen LogP contribution in [0, 0.1) is 13.8 Å². The van der Waals surface area contributed by atoms with Crippen LogP contribution in [-0.4, -0.2) is 22.2 Å². The molecule has 4 heteroatoms. The van der Waals surface area contributed by atoms with Gasteiger partial charge >= 0.3 is 0 Å². The van der Waals surface area contributed by atoms with E-state index in [-0.39, 0.29) is 11.9 Å². The summed E-state index contributed by atoms with van der Waals surface area (Å²) in [6, 6.07) is 11.4. The van der Waals surface area contributed by atoms with Gasteiger partial charge < -0.3 is 5.32 Å². The maximum absolute atomic E-state index is 11.9. The Morgan fingerprint density at radius 2 is 2.00 bits per heavy atom. The molecule has 0 aliphatic carbocycles. The molecule has 1 amide bonds. The summed E-state index contributed by atoms with van der Waals surface area (Å²) in [5.41, 5.74) is 2.79. The van der Waals surface area contributed by atoms with Crippen molar-refractivity contribution >= 4 is 5.91 Å². The standard InChI is InChI=1S/C15H19N3O/c1-11-9-12(2)18(17-11)13(3)10-16-15(19)14-7-5-4-6-8-14/h4-9,13H,10H2,1-3H3,(H,16,19). The van der Waals surface area contributed by atoms with E-state index in [0.717, 1.165) is 11.4 Å². The van der Waals surface area contributed by atoms with Gasteiger partial charge in [-0.15, -0.1) is 0 Å². The van der Waals surface area contributed by atoms with E-state index in [1.807, 2.05) is 61.9 Å². The third-order valence-electron chi connectivity index (χ3n) is 3.06. The number of nitrogens with one attached hydrogen (secondary N) is 1. The van der Waals surface area contributed by atoms with E-state index in [2.05, 4.69) is 10.4 Å². The molecule has 1 atom stereocenters. The van der Waals surface area contributed by atoms with Gasteiger partial charge in [0.05, 0.1) is 11.7 Å². The minimum atomic E-state index is -0.0472. The monoisotopic (exact) mass is 257 g/mol. The molecule has 0 spiro atoms. The highest BCUT2D eigenvalue weighted by atomic mass is 16.1. The lowest BCUT2D eigenvalue weighted by molar-refractivity contribution is 0.0947. The van der Waals surface area contributed by atoms with E-state index in [4.69, 9.17) is 0 Å². The first kappa shape index (κ1) is 13.3. The van der Waals surface area contributed by atoms with Gasteiger partial charge in [0.2, 0.25) is 0 Å². The molecule has 1 heterocycles. The van der Waals surface area contributed by atoms with Crippen molar-refractivity contribution in [2.24, 2.45) is 0 Å². The van der Waals surface area contributed by atoms with Gasteiger partial charge in [-0.05, 0) is 39.0 Å². The molecule has 0 aliphatic heterocycles. The minimum absolute atomic E-state index is 0.0472. The summed E-state index contributed by atoms with van der Waals surface area (Å²) >= 11 is 0. The van der Waals surface area contributed by atoms with Crippen LogP contribution >= 0.6 is 0 Å². The lowest BCUT2D eigenvalue weighted by Crippen LogP contribution is -2.30. The van der Waals surface area contributed by atoms with Crippen molar-refractivity contribution in [2.45, 2.75) is 26.8 Å². The van der Waals surface area contributed by atoms with Crippen LogP contribution in [0.1, 0.15) is 34.7 Å². The van der Waals surface area contributed by atoms with Crippen LogP contribution in [-0.2, 0) is 0 Å². The number of rotatable bonds is 4. The molecule has 4 nitrogen and oxygen atoms in total. The topological polar surface area (TPSA) is 46.9 Å². The average molecular weight is 257 g/mol. The maximum Gasteiger partial charge on any atom is 0.251 e. The fourth-order valence-electron chi connectivity index (χ4n) is 2.11. The molecular formula is C15H19N3O. The zero-order valence-electron chi connectivity index (χ0n) is 11.6. The highest BCUT2D eigenvalue weighted by molar-refractivity contribution is 5.94. The van der Waals surface area contributed by atoms with Crippen molar-refractivity contribution < 1.29 is 4.79 Å². The highest BCUT2D eigenvalue weighted by Crippen LogP contribution is 2.10. The first-order valence-electron chi connectivity index (χ1n) is 6.44. The lowest BCUT2D eigenvalue weighted by Gasteiger charge is -2.15. The highest BCUT2D eigenvalue weighted by Gasteiger charge is 2.11. The predicted octanol–water partition coefficient (Wildman–Crippen LogP) is 2.49. The number of nitrogens with zero attached hydrogens (tertiary/aromatic N) is 2. The van der Waals surface area contributed by atoms with E-state index in [1.165, 1.54) is 0 Å². The molecule has 0 bridgehead atoms. The van der Waals surface area contributed by atoms with Gasteiger partial charge in [-0.25, -0.2) is 0 Å². The van der Waals surface area contributed by atoms with Gasteiger partial charge in [-0.1, -0.05) is 18.2 Å². The van der Waals surface area contributed by atoms with Crippen LogP contribution in [0.4, 0.5) is 0 Å². The molecule has 2 aromatic rings. The molecule has 1 aromatic carbocycles. The third-order valence-corrected chi connectivity index (χ3v) is 3.06. The first-order valence-corrected chi connectivity index (χ1v) is 6.44. The number of amides is 1. The lowest BCUT2D eigenvalue weighted by atomic mass is 10.2. The normalized spacial score (nSPS) is 12.2. The van der Waals surface area contributed by atoms with Gasteiger partial charge in [0.1, 0.15) is 0 Å². The molecule has 0 aliphatic rings. The van der Waals surface area contributed by atoms with Crippen molar-refractivity contribution in [3.8, 4) is 0 Å². The number of aryl methyl sites for hydroxylation is 2. The maximum atomic E-state index is 11.9. The molecule has 0 saturated carbocycles. The van der Waals surface area contributed by atoms with Gasteiger partial charge in [-0.3, -0.25) is 9.48 Å². The van der Waals surface area contributed by atoms with Crippen LogP contribution in [0.15, 0.2) is 36.4 Å². The van der Waals surface area contributed by atoms with Gasteiger partial charge in [-0.2, -0.15) is 5.10 Å². The largest absolute Gasteiger partial charge is 0.350 e. The molecule has 1 aromatic heterocycles. The van der Waals surface area contributed by atoms with E-state index in [0.29, 0.717) is 12.1 Å². The molecule has 2 rings (SSSR count). The van der Waals surface area contributed by atoms with Crippen molar-refractivity contribution in [2.75, 3.05) is 6.54 Å². The number of benzene rings is 1. The van der Waals surface area contributed by atoms with E-state index >= 15 is 0 Å². The Morgan fingerprint density at radius 3 is 2.58 bits per heavy atom. The minimum Gasteiger partial charge on any atom is -0.350 e. The second-order valence-corrected chi connectivity index (χ2v) is 4.80. The van der Waals surface area contributed by atoms with Crippen LogP contribution in [0.25, 0.3) is 0 Å². The summed E-state index contributed by atoms with van der Waals surface area (Å²) in [6.45, 7) is 6.61. The van der Waals surface area contributed by atoms with Crippen LogP contribution in [0.2, 0.25) is 0 Å². The van der Waals surface area contributed by atoms with E-state index in [1.54, 1.807) is 0 Å². The number of carbonyl (C=O) groups excluding carboxylic acids is 1. The predicted molar refractivity (Wildman–Crippen MR) is 75.2 cm³/mol. The molecule has 19 heavy (non-hydrogen) atoms. The van der Waals surface area contributed by atoms with Crippen molar-refractivity contribution in [3.63, 3.8) is 0 Å². The molecule has 0 saturated heterocycles. The Kier molecular flexibility index (Phi) is 4.00. The second-order valence-electron chi connectivity index (χ2n) is 4.80. The fraction of sp³-hybridized carbons (Fsp3) is 0.333. The Bertz CT molecular complexity index is 560. The second kappa shape index (κ2) is 5.69. The van der Waals surface area contributed by atoms with E-state index in [9.17, 15) is 4.79 Å². The molecule has 100 valence electrons. The summed E-state index contributed by atoms with van der Waals surface area (Å²) in [4.78, 5) is 11.9. The first-order chi connectivity index (χ1) is 9.08. The zero-order chi connectivity index (χ0) is 13.8. The number of aromatic nitrogens is 2. The van der Waals surface area contributed by atoms with Crippen molar-refractivity contribution in [1.29, 1.82) is 0 Å². The van der Waals surface area contributed by atoms with E-state index < -0.39 is 0 Å². The Hall–Kier alpha value is -2.10. The third kappa shape index (κ3) is 3.22. The summed E-state index contributed by atoms with van der Waals surface area (Å²) in [7, 11) is 0. The van der Waals surface area contributed by atoms with Gasteiger partial charge in [0.25, 0.3) is 5.91 Å². The van der Waals surface area contributed by atoms with Crippen LogP contribution in [0.5, 0.6) is 0 Å². The number of hydrogen-bond donors (Lipinski definition) is 1. The zero-order valence-corrected chi connectivity index (χ0v) is 11.6. The van der Waals surface area contributed by atoms with Crippen molar-refractivity contribution in [3.05, 3.63) is 53.3 Å². The molecule has 1 unspecified atom stereocenters. The molecule has 0 fully saturated rings. The smallest absolute Gasteiger partial charge is 0.251 e. The Morgan fingerprint density at radius 1 is 1.32 bits per heavy atom. The number of carbonyl (C=O) groups is 1. The Balaban J connectivity index is 1.96. The van der Waals surface area contributed by atoms with Gasteiger partial charge in [0, 0.05) is 17.8 Å². The summed E-state index contributed by atoms with van der Waals surface area (Å²) in [6.07, 6.45) is 0. The van der Waals surface area contributed by atoms with Crippen LogP contribution in [0.3, 0.4) is 0 Å². The Labute approximate surface area is 113 Å². The number of hydrogen-bond acceptors (Lipinski definition) is 2. The summed E-state index contributed by atoms with van der Waals surface area (Å²) in [5.74, 6) is -0.0472. The fourth-order valence-corrected chi connectivity index (χ4v) is 2.11. The SMILES string of the molecule is Cc1cc(C)n(C(C)CNC(=O)c2ccccc2)n1. The average Bonchev–Trinajstić information content (AvgIpc) is 2.75. The summed E-state index contributed by atoms with van der Waals surface area (Å²) < 4.78 is 1.95. The van der Waals surface area contributed by atoms with Gasteiger partial charge in [0.15, 0.2) is 0 Å². The summed E-state index contributed by atoms with van der Waals surface area (Å²) in [5, 5.41) is 7.36. The molecular weight excluding hydrogens is 238 g/mol. The molecule has 1 N–H and O–H groups in total.